The van der Waals surface area contributed by atoms with Crippen LogP contribution in [0, 0.1) is 10.8 Å². The Balaban J connectivity index is 1.63. The lowest BCUT2D eigenvalue weighted by atomic mass is 9.43. The van der Waals surface area contributed by atoms with E-state index in [1.54, 1.807) is 0 Å². The summed E-state index contributed by atoms with van der Waals surface area (Å²) in [6.45, 7) is 2.40. The van der Waals surface area contributed by atoms with Crippen LogP contribution in [0.5, 0.6) is 0 Å². The molecular weight excluding hydrogens is 141 g/mol. The van der Waals surface area contributed by atoms with Crippen LogP contribution < -0.4 is 5.32 Å². The predicted molar refractivity (Wildman–Crippen MR) is 41.1 cm³/mol. The summed E-state index contributed by atoms with van der Waals surface area (Å²) in [5.74, 6) is 0. The van der Waals surface area contributed by atoms with E-state index in [-0.39, 0.29) is 0 Å². The molecule has 0 aromatic heterocycles. The lowest BCUT2D eigenvalue weighted by molar-refractivity contribution is -0.153. The van der Waals surface area contributed by atoms with Crippen LogP contribution in [0.15, 0.2) is 0 Å². The van der Waals surface area contributed by atoms with Crippen molar-refractivity contribution in [2.24, 2.45) is 10.8 Å². The quantitative estimate of drug-likeness (QED) is 0.559. The number of rotatable bonds is 0. The highest BCUT2D eigenvalue weighted by Crippen LogP contribution is 2.66. The van der Waals surface area contributed by atoms with Crippen molar-refractivity contribution in [3.63, 3.8) is 0 Å². The minimum Gasteiger partial charge on any atom is -0.316 e. The van der Waals surface area contributed by atoms with Gasteiger partial charge in [-0.05, 0) is 36.5 Å². The number of halogens is 1. The average Bonchev–Trinajstić information content (AvgIpc) is 1.69. The fourth-order valence-electron chi connectivity index (χ4n) is 3.44. The number of alkyl halides is 1. The van der Waals surface area contributed by atoms with Crippen LogP contribution in [0.1, 0.15) is 25.7 Å². The van der Waals surface area contributed by atoms with Crippen LogP contribution in [-0.2, 0) is 0 Å². The highest BCUT2D eigenvalue weighted by molar-refractivity contribution is 5.14. The molecule has 2 aliphatic carbocycles. The van der Waals surface area contributed by atoms with E-state index < -0.39 is 6.17 Å². The maximum atomic E-state index is 12.6. The zero-order valence-electron chi connectivity index (χ0n) is 6.70. The zero-order valence-corrected chi connectivity index (χ0v) is 6.70. The van der Waals surface area contributed by atoms with Gasteiger partial charge in [0, 0.05) is 13.1 Å². The molecule has 0 radical (unpaired) electrons. The summed E-state index contributed by atoms with van der Waals surface area (Å²) in [7, 11) is 0. The molecular formula is C9H14FN. The lowest BCUT2D eigenvalue weighted by Gasteiger charge is -2.65. The smallest absolute Gasteiger partial charge is 0.101 e. The Morgan fingerprint density at radius 1 is 1.09 bits per heavy atom. The highest BCUT2D eigenvalue weighted by atomic mass is 19.1. The number of nitrogens with one attached hydrogen (secondary N) is 1. The molecule has 0 amide bonds. The summed E-state index contributed by atoms with van der Waals surface area (Å²) >= 11 is 0. The molecule has 62 valence electrons. The third-order valence-electron chi connectivity index (χ3n) is 3.81. The molecule has 0 aromatic carbocycles. The van der Waals surface area contributed by atoms with Gasteiger partial charge in [0.15, 0.2) is 0 Å². The second-order valence-electron chi connectivity index (χ2n) is 4.96. The fourth-order valence-corrected chi connectivity index (χ4v) is 3.44. The van der Waals surface area contributed by atoms with Crippen molar-refractivity contribution >= 4 is 0 Å². The predicted octanol–water partition coefficient (Wildman–Crippen LogP) is 1.49. The Kier molecular flexibility index (Phi) is 0.951. The molecule has 2 heteroatoms. The topological polar surface area (TPSA) is 12.0 Å². The van der Waals surface area contributed by atoms with Gasteiger partial charge in [0.1, 0.15) is 6.17 Å². The molecule has 1 N–H and O–H groups in total. The first kappa shape index (κ1) is 6.41. The third kappa shape index (κ3) is 0.689. The molecule has 2 spiro atoms. The van der Waals surface area contributed by atoms with Crippen LogP contribution in [0.4, 0.5) is 4.39 Å². The molecule has 0 atom stereocenters. The minimum absolute atomic E-state index is 0.458. The van der Waals surface area contributed by atoms with Crippen molar-refractivity contribution in [2.75, 3.05) is 13.1 Å². The van der Waals surface area contributed by atoms with Crippen LogP contribution in [0.3, 0.4) is 0 Å². The zero-order chi connectivity index (χ0) is 7.53. The molecule has 1 aliphatic heterocycles. The summed E-state index contributed by atoms with van der Waals surface area (Å²) in [5, 5.41) is 3.31. The van der Waals surface area contributed by atoms with Crippen LogP contribution in [0.2, 0.25) is 0 Å². The van der Waals surface area contributed by atoms with E-state index in [1.807, 2.05) is 0 Å². The first-order valence-corrected chi connectivity index (χ1v) is 4.57. The molecule has 3 rings (SSSR count). The van der Waals surface area contributed by atoms with Crippen LogP contribution in [-0.4, -0.2) is 19.3 Å². The van der Waals surface area contributed by atoms with E-state index in [2.05, 4.69) is 5.32 Å². The summed E-state index contributed by atoms with van der Waals surface area (Å²) in [6.07, 6.45) is 3.91. The van der Waals surface area contributed by atoms with Crippen LogP contribution >= 0.6 is 0 Å². The Hall–Kier alpha value is -0.110. The maximum Gasteiger partial charge on any atom is 0.101 e. The Morgan fingerprint density at radius 3 is 2.09 bits per heavy atom. The van der Waals surface area contributed by atoms with Crippen molar-refractivity contribution in [2.45, 2.75) is 31.9 Å². The van der Waals surface area contributed by atoms with Gasteiger partial charge in [-0.25, -0.2) is 4.39 Å². The first-order chi connectivity index (χ1) is 5.22. The summed E-state index contributed by atoms with van der Waals surface area (Å²) in [6, 6.07) is 0. The second kappa shape index (κ2) is 1.63. The van der Waals surface area contributed by atoms with Gasteiger partial charge in [0.05, 0.1) is 0 Å². The molecule has 3 aliphatic rings. The molecule has 3 fully saturated rings. The molecule has 1 nitrogen and oxygen atoms in total. The third-order valence-corrected chi connectivity index (χ3v) is 3.81. The lowest BCUT2D eigenvalue weighted by Crippen LogP contribution is -2.67. The summed E-state index contributed by atoms with van der Waals surface area (Å²) < 4.78 is 12.6. The van der Waals surface area contributed by atoms with Gasteiger partial charge in [0.2, 0.25) is 0 Å². The Bertz CT molecular complexity index is 182. The minimum atomic E-state index is -0.458. The van der Waals surface area contributed by atoms with Crippen molar-refractivity contribution in [1.82, 2.24) is 5.32 Å². The number of hydrogen-bond acceptors (Lipinski definition) is 1. The van der Waals surface area contributed by atoms with Crippen molar-refractivity contribution in [3.05, 3.63) is 0 Å². The maximum absolute atomic E-state index is 12.6. The van der Waals surface area contributed by atoms with E-state index in [4.69, 9.17) is 0 Å². The van der Waals surface area contributed by atoms with Gasteiger partial charge in [-0.15, -0.1) is 0 Å². The van der Waals surface area contributed by atoms with Gasteiger partial charge < -0.3 is 5.32 Å². The molecule has 0 unspecified atom stereocenters. The average molecular weight is 155 g/mol. The molecule has 11 heavy (non-hydrogen) atoms. The molecule has 1 saturated heterocycles. The highest BCUT2D eigenvalue weighted by Gasteiger charge is 2.61. The molecule has 0 aromatic rings. The Morgan fingerprint density at radius 2 is 1.73 bits per heavy atom. The van der Waals surface area contributed by atoms with Crippen LogP contribution in [0.25, 0.3) is 0 Å². The largest absolute Gasteiger partial charge is 0.316 e. The van der Waals surface area contributed by atoms with Gasteiger partial charge in [-0.2, -0.15) is 0 Å². The van der Waals surface area contributed by atoms with Gasteiger partial charge in [-0.1, -0.05) is 0 Å². The summed E-state index contributed by atoms with van der Waals surface area (Å²) in [4.78, 5) is 0. The fraction of sp³-hybridized carbons (Fsp3) is 1.00. The van der Waals surface area contributed by atoms with Crippen molar-refractivity contribution in [3.8, 4) is 0 Å². The Labute approximate surface area is 66.4 Å². The molecule has 1 heterocycles. The SMILES string of the molecule is FC1CC2(C1)CC1(CNC1)C2. The van der Waals surface area contributed by atoms with Crippen molar-refractivity contribution < 1.29 is 4.39 Å². The van der Waals surface area contributed by atoms with Gasteiger partial charge >= 0.3 is 0 Å². The van der Waals surface area contributed by atoms with Gasteiger partial charge in [-0.3, -0.25) is 0 Å². The van der Waals surface area contributed by atoms with Gasteiger partial charge in [0.25, 0.3) is 0 Å². The second-order valence-corrected chi connectivity index (χ2v) is 4.96. The van der Waals surface area contributed by atoms with E-state index in [9.17, 15) is 4.39 Å². The first-order valence-electron chi connectivity index (χ1n) is 4.57. The normalized spacial score (nSPS) is 37.9. The standard InChI is InChI=1S/C9H14FN/c10-7-1-8(2-7)3-9(4-8)5-11-6-9/h7,11H,1-6H2. The molecule has 0 bridgehead atoms. The summed E-state index contributed by atoms with van der Waals surface area (Å²) in [5.41, 5.74) is 1.13. The van der Waals surface area contributed by atoms with Crippen molar-refractivity contribution in [1.29, 1.82) is 0 Å². The van der Waals surface area contributed by atoms with E-state index in [0.717, 1.165) is 12.8 Å². The van der Waals surface area contributed by atoms with E-state index >= 15 is 0 Å². The van der Waals surface area contributed by atoms with E-state index in [0.29, 0.717) is 10.8 Å². The monoisotopic (exact) mass is 155 g/mol. The molecule has 2 saturated carbocycles. The number of hydrogen-bond donors (Lipinski definition) is 1. The van der Waals surface area contributed by atoms with E-state index in [1.165, 1.54) is 25.9 Å².